The first kappa shape index (κ1) is 26.3. The third-order valence-corrected chi connectivity index (χ3v) is 6.47. The van der Waals surface area contributed by atoms with Crippen molar-refractivity contribution in [2.75, 3.05) is 31.0 Å². The van der Waals surface area contributed by atoms with Crippen molar-refractivity contribution in [3.8, 4) is 28.4 Å². The highest BCUT2D eigenvalue weighted by molar-refractivity contribution is 6.08. The Morgan fingerprint density at radius 1 is 1.00 bits per heavy atom. The van der Waals surface area contributed by atoms with Crippen LogP contribution in [-0.2, 0) is 11.4 Å². The summed E-state index contributed by atoms with van der Waals surface area (Å²) in [5.41, 5.74) is 4.08. The van der Waals surface area contributed by atoms with Crippen molar-refractivity contribution in [2.24, 2.45) is 5.92 Å². The molecule has 196 valence electrons. The predicted octanol–water partition coefficient (Wildman–Crippen LogP) is 6.59. The molecule has 0 saturated heterocycles. The summed E-state index contributed by atoms with van der Waals surface area (Å²) in [7, 11) is 3.39. The summed E-state index contributed by atoms with van der Waals surface area (Å²) < 4.78 is 31.8. The quantitative estimate of drug-likeness (QED) is 0.373. The molecule has 1 aliphatic rings. The number of carbonyl (C=O) groups is 1. The van der Waals surface area contributed by atoms with Gasteiger partial charge in [-0.25, -0.2) is 4.39 Å². The summed E-state index contributed by atoms with van der Waals surface area (Å²) >= 11 is 0. The number of ether oxygens (including phenoxy) is 3. The molecular weight excluding hydrogens is 471 g/mol. The van der Waals surface area contributed by atoms with E-state index in [1.165, 1.54) is 12.1 Å². The number of amides is 1. The van der Waals surface area contributed by atoms with Crippen LogP contribution < -0.4 is 24.4 Å². The van der Waals surface area contributed by atoms with Gasteiger partial charge < -0.3 is 24.4 Å². The second-order valence-electron chi connectivity index (χ2n) is 10.4. The van der Waals surface area contributed by atoms with E-state index < -0.39 is 5.54 Å². The number of halogens is 1. The van der Waals surface area contributed by atoms with Gasteiger partial charge in [0.05, 0.1) is 25.1 Å². The standard InChI is InChI=1S/C30H35FN2O4/c1-18(2)16-36-21-10-11-23(27(15-21)35-7)22-12-13-25-28(33(6)29(34)30(4,5)32-25)24(22)17-37-26-14-20(31)9-8-19(26)3/h8-15,18,32H,16-17H2,1-7H3. The first-order valence-corrected chi connectivity index (χ1v) is 12.4. The highest BCUT2D eigenvalue weighted by Gasteiger charge is 2.38. The maximum Gasteiger partial charge on any atom is 0.251 e. The minimum absolute atomic E-state index is 0.0651. The van der Waals surface area contributed by atoms with Gasteiger partial charge in [-0.1, -0.05) is 26.0 Å². The van der Waals surface area contributed by atoms with Gasteiger partial charge >= 0.3 is 0 Å². The number of aryl methyl sites for hydroxylation is 1. The summed E-state index contributed by atoms with van der Waals surface area (Å²) in [4.78, 5) is 14.9. The number of fused-ring (bicyclic) bond motifs is 1. The first-order valence-electron chi connectivity index (χ1n) is 12.4. The molecule has 0 aliphatic carbocycles. The second kappa shape index (κ2) is 10.3. The molecule has 1 amide bonds. The van der Waals surface area contributed by atoms with Crippen LogP contribution >= 0.6 is 0 Å². The summed E-state index contributed by atoms with van der Waals surface area (Å²) in [6, 6.07) is 14.2. The van der Waals surface area contributed by atoms with Crippen molar-refractivity contribution in [1.82, 2.24) is 0 Å². The van der Waals surface area contributed by atoms with Crippen LogP contribution in [0.4, 0.5) is 15.8 Å². The molecule has 4 rings (SSSR count). The molecule has 1 aliphatic heterocycles. The Hall–Kier alpha value is -3.74. The number of hydrogen-bond acceptors (Lipinski definition) is 5. The van der Waals surface area contributed by atoms with Gasteiger partial charge in [-0.05, 0) is 62.1 Å². The lowest BCUT2D eigenvalue weighted by molar-refractivity contribution is -0.121. The van der Waals surface area contributed by atoms with Gasteiger partial charge in [-0.3, -0.25) is 4.79 Å². The Balaban J connectivity index is 1.84. The fraction of sp³-hybridized carbons (Fsp3) is 0.367. The third-order valence-electron chi connectivity index (χ3n) is 6.47. The Morgan fingerprint density at radius 3 is 2.43 bits per heavy atom. The molecule has 0 spiro atoms. The molecule has 7 heteroatoms. The Bertz CT molecular complexity index is 1320. The van der Waals surface area contributed by atoms with E-state index in [4.69, 9.17) is 14.2 Å². The fourth-order valence-electron chi connectivity index (χ4n) is 4.56. The SMILES string of the molecule is COc1cc(OCC(C)C)ccc1-c1ccc2c(c1COc1cc(F)ccc1C)N(C)C(=O)C(C)(C)N2. The average molecular weight is 507 g/mol. The Labute approximate surface area is 218 Å². The normalized spacial score (nSPS) is 14.3. The molecule has 0 saturated carbocycles. The van der Waals surface area contributed by atoms with E-state index in [2.05, 4.69) is 19.2 Å². The Morgan fingerprint density at radius 2 is 1.73 bits per heavy atom. The molecule has 3 aromatic rings. The van der Waals surface area contributed by atoms with E-state index in [-0.39, 0.29) is 18.3 Å². The summed E-state index contributed by atoms with van der Waals surface area (Å²) in [6.45, 7) is 10.5. The van der Waals surface area contributed by atoms with Crippen molar-refractivity contribution in [2.45, 2.75) is 46.8 Å². The highest BCUT2D eigenvalue weighted by atomic mass is 19.1. The van der Waals surface area contributed by atoms with Crippen LogP contribution in [-0.4, -0.2) is 32.2 Å². The zero-order valence-corrected chi connectivity index (χ0v) is 22.6. The molecule has 0 radical (unpaired) electrons. The molecular formula is C30H35FN2O4. The summed E-state index contributed by atoms with van der Waals surface area (Å²) in [6.07, 6.45) is 0. The summed E-state index contributed by atoms with van der Waals surface area (Å²) in [5, 5.41) is 3.36. The smallest absolute Gasteiger partial charge is 0.251 e. The first-order chi connectivity index (χ1) is 17.5. The third kappa shape index (κ3) is 5.36. The van der Waals surface area contributed by atoms with E-state index in [1.807, 2.05) is 51.1 Å². The van der Waals surface area contributed by atoms with Crippen molar-refractivity contribution in [3.63, 3.8) is 0 Å². The number of likely N-dealkylation sites (N-methyl/N-ethyl adjacent to an activating group) is 1. The lowest BCUT2D eigenvalue weighted by Gasteiger charge is -2.39. The van der Waals surface area contributed by atoms with Crippen molar-refractivity contribution in [3.05, 3.63) is 65.5 Å². The number of methoxy groups -OCH3 is 1. The zero-order valence-electron chi connectivity index (χ0n) is 22.6. The average Bonchev–Trinajstić information content (AvgIpc) is 2.86. The second-order valence-corrected chi connectivity index (χ2v) is 10.4. The number of anilines is 2. The van der Waals surface area contributed by atoms with E-state index in [0.717, 1.165) is 39.4 Å². The highest BCUT2D eigenvalue weighted by Crippen LogP contribution is 2.45. The summed E-state index contributed by atoms with van der Waals surface area (Å²) in [5.74, 6) is 1.77. The number of nitrogens with one attached hydrogen (secondary N) is 1. The van der Waals surface area contributed by atoms with Crippen LogP contribution in [0.3, 0.4) is 0 Å². The number of nitrogens with zero attached hydrogens (tertiary/aromatic N) is 1. The molecule has 1 N–H and O–H groups in total. The van der Waals surface area contributed by atoms with Gasteiger partial charge in [-0.2, -0.15) is 0 Å². The predicted molar refractivity (Wildman–Crippen MR) is 145 cm³/mol. The fourth-order valence-corrected chi connectivity index (χ4v) is 4.56. The van der Waals surface area contributed by atoms with E-state index >= 15 is 0 Å². The number of carbonyl (C=O) groups excluding carboxylic acids is 1. The number of rotatable bonds is 8. The Kier molecular flexibility index (Phi) is 7.35. The topological polar surface area (TPSA) is 60.0 Å². The molecule has 0 bridgehead atoms. The maximum atomic E-state index is 14.0. The number of benzene rings is 3. The lowest BCUT2D eigenvalue weighted by Crippen LogP contribution is -2.52. The van der Waals surface area contributed by atoms with E-state index in [1.54, 1.807) is 25.1 Å². The van der Waals surface area contributed by atoms with Crippen LogP contribution in [0.2, 0.25) is 0 Å². The molecule has 0 aromatic heterocycles. The van der Waals surface area contributed by atoms with Crippen molar-refractivity contribution in [1.29, 1.82) is 0 Å². The molecule has 1 heterocycles. The van der Waals surface area contributed by atoms with Gasteiger partial charge in [0.25, 0.3) is 5.91 Å². The zero-order chi connectivity index (χ0) is 26.9. The van der Waals surface area contributed by atoms with Crippen LogP contribution in [0.5, 0.6) is 17.2 Å². The maximum absolute atomic E-state index is 14.0. The molecule has 6 nitrogen and oxygen atoms in total. The van der Waals surface area contributed by atoms with Gasteiger partial charge in [0.1, 0.15) is 35.2 Å². The lowest BCUT2D eigenvalue weighted by atomic mass is 9.91. The van der Waals surface area contributed by atoms with Crippen molar-refractivity contribution < 1.29 is 23.4 Å². The number of hydrogen-bond donors (Lipinski definition) is 1. The van der Waals surface area contributed by atoms with Gasteiger partial charge in [0.2, 0.25) is 0 Å². The van der Waals surface area contributed by atoms with Gasteiger partial charge in [0, 0.05) is 30.3 Å². The largest absolute Gasteiger partial charge is 0.496 e. The van der Waals surface area contributed by atoms with Crippen LogP contribution in [0, 0.1) is 18.7 Å². The minimum atomic E-state index is -0.756. The van der Waals surface area contributed by atoms with Crippen molar-refractivity contribution >= 4 is 17.3 Å². The molecule has 0 unspecified atom stereocenters. The van der Waals surface area contributed by atoms with Gasteiger partial charge in [-0.15, -0.1) is 0 Å². The van der Waals surface area contributed by atoms with E-state index in [0.29, 0.717) is 24.0 Å². The van der Waals surface area contributed by atoms with Crippen LogP contribution in [0.25, 0.3) is 11.1 Å². The molecule has 3 aromatic carbocycles. The van der Waals surface area contributed by atoms with Crippen LogP contribution in [0.15, 0.2) is 48.5 Å². The monoisotopic (exact) mass is 506 g/mol. The molecule has 0 fully saturated rings. The van der Waals surface area contributed by atoms with Gasteiger partial charge in [0.15, 0.2) is 0 Å². The molecule has 0 atom stereocenters. The minimum Gasteiger partial charge on any atom is -0.496 e. The van der Waals surface area contributed by atoms with E-state index in [9.17, 15) is 9.18 Å². The van der Waals surface area contributed by atoms with Crippen LogP contribution in [0.1, 0.15) is 38.8 Å². The molecule has 37 heavy (non-hydrogen) atoms.